The van der Waals surface area contributed by atoms with Crippen LogP contribution in [0.3, 0.4) is 0 Å². The highest BCUT2D eigenvalue weighted by atomic mass is 16.3. The fraction of sp³-hybridized carbons (Fsp3) is 0.421. The van der Waals surface area contributed by atoms with Gasteiger partial charge in [0.2, 0.25) is 0 Å². The lowest BCUT2D eigenvalue weighted by Gasteiger charge is -2.14. The molecule has 0 aromatic carbocycles. The molecule has 3 aromatic heterocycles. The number of aromatic nitrogens is 4. The van der Waals surface area contributed by atoms with E-state index < -0.39 is 0 Å². The molecule has 3 aromatic rings. The Morgan fingerprint density at radius 2 is 2.04 bits per heavy atom. The van der Waals surface area contributed by atoms with Crippen LogP contribution in [-0.4, -0.2) is 44.8 Å². The lowest BCUT2D eigenvalue weighted by Crippen LogP contribution is -2.20. The molecule has 1 aliphatic rings. The first-order valence-corrected chi connectivity index (χ1v) is 8.96. The van der Waals surface area contributed by atoms with Crippen molar-refractivity contribution in [3.63, 3.8) is 0 Å². The van der Waals surface area contributed by atoms with Crippen LogP contribution in [0.5, 0.6) is 0 Å². The zero-order valence-electron chi connectivity index (χ0n) is 15.5. The van der Waals surface area contributed by atoms with Crippen molar-refractivity contribution in [1.82, 2.24) is 24.6 Å². The smallest absolute Gasteiger partial charge is 0.197 e. The van der Waals surface area contributed by atoms with E-state index in [2.05, 4.69) is 28.4 Å². The van der Waals surface area contributed by atoms with E-state index in [1.54, 1.807) is 6.26 Å². The van der Waals surface area contributed by atoms with E-state index in [0.717, 1.165) is 48.8 Å². The van der Waals surface area contributed by atoms with E-state index in [4.69, 9.17) is 14.4 Å². The van der Waals surface area contributed by atoms with Crippen LogP contribution in [-0.2, 0) is 26.4 Å². The van der Waals surface area contributed by atoms with Crippen molar-refractivity contribution >= 4 is 5.82 Å². The summed E-state index contributed by atoms with van der Waals surface area (Å²) in [5, 5.41) is 7.93. The third-order valence-corrected chi connectivity index (χ3v) is 4.84. The molecule has 0 unspecified atom stereocenters. The van der Waals surface area contributed by atoms with Crippen molar-refractivity contribution in [1.29, 1.82) is 0 Å². The molecule has 0 radical (unpaired) electrons. The van der Waals surface area contributed by atoms with Gasteiger partial charge in [-0.15, -0.1) is 0 Å². The molecule has 1 N–H and O–H groups in total. The maximum atomic E-state index is 5.53. The van der Waals surface area contributed by atoms with Crippen LogP contribution in [0.2, 0.25) is 0 Å². The van der Waals surface area contributed by atoms with Gasteiger partial charge in [-0.25, -0.2) is 9.97 Å². The molecular weight excluding hydrogens is 328 g/mol. The van der Waals surface area contributed by atoms with Gasteiger partial charge in [0.25, 0.3) is 0 Å². The number of likely N-dealkylation sites (N-methyl/N-ethyl adjacent to an activating group) is 1. The molecule has 0 saturated heterocycles. The van der Waals surface area contributed by atoms with Crippen LogP contribution >= 0.6 is 0 Å². The second-order valence-corrected chi connectivity index (χ2v) is 6.86. The number of rotatable bonds is 4. The summed E-state index contributed by atoms with van der Waals surface area (Å²) in [5.74, 6) is 2.24. The fourth-order valence-corrected chi connectivity index (χ4v) is 3.38. The number of furan rings is 1. The summed E-state index contributed by atoms with van der Waals surface area (Å²) >= 11 is 0. The van der Waals surface area contributed by atoms with Gasteiger partial charge in [-0.2, -0.15) is 5.10 Å². The van der Waals surface area contributed by atoms with E-state index in [0.29, 0.717) is 18.1 Å². The summed E-state index contributed by atoms with van der Waals surface area (Å²) < 4.78 is 7.43. The van der Waals surface area contributed by atoms with Gasteiger partial charge < -0.3 is 14.6 Å². The minimum absolute atomic E-state index is 0.641. The first-order valence-electron chi connectivity index (χ1n) is 8.96. The summed E-state index contributed by atoms with van der Waals surface area (Å²) in [6, 6.07) is 5.86. The summed E-state index contributed by atoms with van der Waals surface area (Å²) in [7, 11) is 4.12. The number of nitrogens with zero attached hydrogens (tertiary/aromatic N) is 5. The number of aryl methyl sites for hydroxylation is 2. The Bertz CT molecular complexity index is 899. The third-order valence-electron chi connectivity index (χ3n) is 4.84. The minimum Gasteiger partial charge on any atom is -0.461 e. The quantitative estimate of drug-likeness (QED) is 0.777. The predicted octanol–water partition coefficient (Wildman–Crippen LogP) is 2.42. The van der Waals surface area contributed by atoms with Gasteiger partial charge in [-0.05, 0) is 38.6 Å². The number of anilines is 1. The molecule has 0 saturated carbocycles. The largest absolute Gasteiger partial charge is 0.461 e. The lowest BCUT2D eigenvalue weighted by molar-refractivity contribution is 0.352. The fourth-order valence-electron chi connectivity index (χ4n) is 3.38. The second kappa shape index (κ2) is 6.92. The summed E-state index contributed by atoms with van der Waals surface area (Å²) in [6.45, 7) is 4.69. The molecule has 0 bridgehead atoms. The van der Waals surface area contributed by atoms with Crippen molar-refractivity contribution in [2.24, 2.45) is 7.05 Å². The molecule has 7 nitrogen and oxygen atoms in total. The molecule has 26 heavy (non-hydrogen) atoms. The first-order chi connectivity index (χ1) is 12.6. The van der Waals surface area contributed by atoms with Crippen LogP contribution in [0.4, 0.5) is 5.82 Å². The molecular formula is C19H24N6O. The first kappa shape index (κ1) is 16.8. The maximum absolute atomic E-state index is 5.53. The third kappa shape index (κ3) is 3.35. The standard InChI is InChI=1S/C19H24N6O/c1-13-11-14(25(3)23-13)12-20-18-15-6-8-24(2)9-7-16(15)21-19(22-18)17-5-4-10-26-17/h4-5,10-11H,6-9,12H2,1-3H3,(H,20,21,22). The normalized spacial score (nSPS) is 14.9. The number of hydrogen-bond acceptors (Lipinski definition) is 6. The van der Waals surface area contributed by atoms with Crippen molar-refractivity contribution in [3.05, 3.63) is 47.1 Å². The molecule has 4 rings (SSSR count). The monoisotopic (exact) mass is 352 g/mol. The Labute approximate surface area is 153 Å². The van der Waals surface area contributed by atoms with Gasteiger partial charge >= 0.3 is 0 Å². The summed E-state index contributed by atoms with van der Waals surface area (Å²) in [4.78, 5) is 11.9. The van der Waals surface area contributed by atoms with Crippen LogP contribution in [0.25, 0.3) is 11.6 Å². The molecule has 0 amide bonds. The zero-order valence-corrected chi connectivity index (χ0v) is 15.5. The Morgan fingerprint density at radius 3 is 2.77 bits per heavy atom. The predicted molar refractivity (Wildman–Crippen MR) is 99.9 cm³/mol. The molecule has 7 heteroatoms. The van der Waals surface area contributed by atoms with E-state index in [-0.39, 0.29) is 0 Å². The van der Waals surface area contributed by atoms with Crippen LogP contribution in [0.1, 0.15) is 22.6 Å². The van der Waals surface area contributed by atoms with Crippen molar-refractivity contribution in [2.75, 3.05) is 25.5 Å². The highest BCUT2D eigenvalue weighted by Gasteiger charge is 2.20. The van der Waals surface area contributed by atoms with E-state index in [1.165, 1.54) is 5.56 Å². The topological polar surface area (TPSA) is 72.0 Å². The van der Waals surface area contributed by atoms with Gasteiger partial charge in [0.1, 0.15) is 5.82 Å². The molecule has 1 aliphatic heterocycles. The average molecular weight is 352 g/mol. The molecule has 0 aliphatic carbocycles. The Balaban J connectivity index is 1.69. The Hall–Kier alpha value is -2.67. The molecule has 4 heterocycles. The van der Waals surface area contributed by atoms with Crippen LogP contribution in [0, 0.1) is 6.92 Å². The van der Waals surface area contributed by atoms with Gasteiger partial charge in [-0.1, -0.05) is 0 Å². The van der Waals surface area contributed by atoms with Gasteiger partial charge in [0, 0.05) is 32.1 Å². The lowest BCUT2D eigenvalue weighted by atomic mass is 10.1. The second-order valence-electron chi connectivity index (χ2n) is 6.86. The zero-order chi connectivity index (χ0) is 18.1. The summed E-state index contributed by atoms with van der Waals surface area (Å²) in [5.41, 5.74) is 4.46. The number of nitrogens with one attached hydrogen (secondary N) is 1. The highest BCUT2D eigenvalue weighted by Crippen LogP contribution is 2.26. The van der Waals surface area contributed by atoms with Crippen LogP contribution in [0.15, 0.2) is 28.9 Å². The Kier molecular flexibility index (Phi) is 4.46. The molecule has 0 spiro atoms. The number of hydrogen-bond donors (Lipinski definition) is 1. The molecule has 136 valence electrons. The molecule has 0 atom stereocenters. The Morgan fingerprint density at radius 1 is 1.19 bits per heavy atom. The SMILES string of the molecule is Cc1cc(CNc2nc(-c3ccco3)nc3c2CCN(C)CC3)n(C)n1. The summed E-state index contributed by atoms with van der Waals surface area (Å²) in [6.07, 6.45) is 3.52. The van der Waals surface area contributed by atoms with Gasteiger partial charge in [0.05, 0.1) is 29.9 Å². The molecule has 0 fully saturated rings. The van der Waals surface area contributed by atoms with Crippen molar-refractivity contribution in [3.8, 4) is 11.6 Å². The van der Waals surface area contributed by atoms with Crippen LogP contribution < -0.4 is 5.32 Å². The van der Waals surface area contributed by atoms with E-state index >= 15 is 0 Å². The highest BCUT2D eigenvalue weighted by molar-refractivity contribution is 5.56. The van der Waals surface area contributed by atoms with Gasteiger partial charge in [0.15, 0.2) is 11.6 Å². The van der Waals surface area contributed by atoms with E-state index in [9.17, 15) is 0 Å². The minimum atomic E-state index is 0.641. The van der Waals surface area contributed by atoms with Crippen molar-refractivity contribution < 1.29 is 4.42 Å². The van der Waals surface area contributed by atoms with E-state index in [1.807, 2.05) is 30.8 Å². The van der Waals surface area contributed by atoms with Crippen molar-refractivity contribution in [2.45, 2.75) is 26.3 Å². The van der Waals surface area contributed by atoms with Gasteiger partial charge in [-0.3, -0.25) is 4.68 Å². The maximum Gasteiger partial charge on any atom is 0.197 e. The number of fused-ring (bicyclic) bond motifs is 1. The average Bonchev–Trinajstić information content (AvgIpc) is 3.21.